The predicted molar refractivity (Wildman–Crippen MR) is 141 cm³/mol. The van der Waals surface area contributed by atoms with Crippen molar-refractivity contribution in [3.63, 3.8) is 0 Å². The van der Waals surface area contributed by atoms with Crippen LogP contribution in [0.4, 0.5) is 10.6 Å². The number of hydrogen-bond donors (Lipinski definition) is 2. The number of amides is 3. The van der Waals surface area contributed by atoms with E-state index in [1.165, 1.54) is 10.5 Å². The lowest BCUT2D eigenvalue weighted by Gasteiger charge is -2.31. The van der Waals surface area contributed by atoms with Crippen molar-refractivity contribution in [3.8, 4) is 0 Å². The first-order chi connectivity index (χ1) is 17.8. The number of esters is 1. The van der Waals surface area contributed by atoms with Gasteiger partial charge in [-0.05, 0) is 62.8 Å². The minimum absolute atomic E-state index is 0.0693. The highest BCUT2D eigenvalue weighted by Crippen LogP contribution is 2.49. The second-order valence-corrected chi connectivity index (χ2v) is 10.7. The van der Waals surface area contributed by atoms with Gasteiger partial charge in [-0.1, -0.05) is 31.6 Å². The fourth-order valence-electron chi connectivity index (χ4n) is 5.91. The zero-order chi connectivity index (χ0) is 26.2. The molecule has 9 nitrogen and oxygen atoms in total. The average molecular weight is 508 g/mol. The fraction of sp³-hybridized carbons (Fsp3) is 0.571. The van der Waals surface area contributed by atoms with Crippen LogP contribution < -0.4 is 15.5 Å². The number of nitrogens with one attached hydrogen (secondary N) is 2. The van der Waals surface area contributed by atoms with Crippen LogP contribution in [-0.2, 0) is 21.4 Å². The van der Waals surface area contributed by atoms with E-state index in [9.17, 15) is 14.4 Å². The summed E-state index contributed by atoms with van der Waals surface area (Å²) in [7, 11) is 1.88. The summed E-state index contributed by atoms with van der Waals surface area (Å²) in [6.45, 7) is 5.29. The van der Waals surface area contributed by atoms with Gasteiger partial charge in [-0.3, -0.25) is 24.5 Å². The molecule has 9 heteroatoms. The van der Waals surface area contributed by atoms with E-state index >= 15 is 0 Å². The SMILES string of the molecule is CC=CCC(CCC)C(=O)OC1CC12CC(c1ccc3c(N4CCC(=O)NC4=O)nn(C)c3c1)CCN2. The van der Waals surface area contributed by atoms with Crippen LogP contribution in [-0.4, -0.2) is 52.4 Å². The normalized spacial score (nSPS) is 26.6. The molecule has 1 saturated carbocycles. The summed E-state index contributed by atoms with van der Waals surface area (Å²) in [5.41, 5.74) is 2.05. The summed E-state index contributed by atoms with van der Waals surface area (Å²) in [6.07, 6.45) is 9.58. The number of nitrogens with zero attached hydrogens (tertiary/aromatic N) is 3. The van der Waals surface area contributed by atoms with E-state index in [2.05, 4.69) is 40.9 Å². The molecule has 37 heavy (non-hydrogen) atoms. The molecular formula is C28H37N5O4. The highest BCUT2D eigenvalue weighted by atomic mass is 16.6. The number of anilines is 1. The van der Waals surface area contributed by atoms with Crippen molar-refractivity contribution in [2.24, 2.45) is 13.0 Å². The monoisotopic (exact) mass is 507 g/mol. The molecule has 0 radical (unpaired) electrons. The molecule has 198 valence electrons. The molecule has 4 atom stereocenters. The number of imide groups is 1. The summed E-state index contributed by atoms with van der Waals surface area (Å²) in [6, 6.07) is 5.90. The van der Waals surface area contributed by atoms with E-state index in [0.717, 1.165) is 56.0 Å². The second kappa shape index (κ2) is 10.3. The van der Waals surface area contributed by atoms with Crippen LogP contribution in [0.3, 0.4) is 0 Å². The topological polar surface area (TPSA) is 106 Å². The Hall–Kier alpha value is -3.20. The number of ether oxygens (including phenoxy) is 1. The van der Waals surface area contributed by atoms with Crippen molar-refractivity contribution in [1.29, 1.82) is 0 Å². The first kappa shape index (κ1) is 25.4. The average Bonchev–Trinajstić information content (AvgIpc) is 3.41. The Bertz CT molecular complexity index is 1240. The smallest absolute Gasteiger partial charge is 0.329 e. The summed E-state index contributed by atoms with van der Waals surface area (Å²) in [5.74, 6) is 0.520. The largest absolute Gasteiger partial charge is 0.460 e. The van der Waals surface area contributed by atoms with Crippen molar-refractivity contribution in [2.75, 3.05) is 18.0 Å². The van der Waals surface area contributed by atoms with Gasteiger partial charge in [0, 0.05) is 31.8 Å². The Labute approximate surface area is 217 Å². The molecule has 1 aromatic carbocycles. The van der Waals surface area contributed by atoms with Gasteiger partial charge in [-0.25, -0.2) is 4.79 Å². The zero-order valence-corrected chi connectivity index (χ0v) is 22.0. The molecule has 0 bridgehead atoms. The molecule has 3 heterocycles. The van der Waals surface area contributed by atoms with Gasteiger partial charge >= 0.3 is 12.0 Å². The molecule has 1 spiro atoms. The molecule has 3 aliphatic rings. The first-order valence-corrected chi connectivity index (χ1v) is 13.5. The Morgan fingerprint density at radius 3 is 2.92 bits per heavy atom. The molecule has 1 aromatic heterocycles. The van der Waals surface area contributed by atoms with Gasteiger partial charge in [0.1, 0.15) is 6.10 Å². The molecule has 3 amide bonds. The highest BCUT2D eigenvalue weighted by molar-refractivity contribution is 6.08. The third-order valence-corrected chi connectivity index (χ3v) is 8.11. The quantitative estimate of drug-likeness (QED) is 0.414. The van der Waals surface area contributed by atoms with Crippen molar-refractivity contribution in [1.82, 2.24) is 20.4 Å². The summed E-state index contributed by atoms with van der Waals surface area (Å²) < 4.78 is 7.81. The number of carbonyl (C=O) groups is 3. The summed E-state index contributed by atoms with van der Waals surface area (Å²) >= 11 is 0. The summed E-state index contributed by atoms with van der Waals surface area (Å²) in [5, 5.41) is 11.5. The molecule has 2 aromatic rings. The number of hydrogen-bond acceptors (Lipinski definition) is 6. The third kappa shape index (κ3) is 5.01. The van der Waals surface area contributed by atoms with Gasteiger partial charge in [-0.15, -0.1) is 0 Å². The van der Waals surface area contributed by atoms with E-state index in [-0.39, 0.29) is 35.9 Å². The highest BCUT2D eigenvalue weighted by Gasteiger charge is 2.59. The fourth-order valence-corrected chi connectivity index (χ4v) is 5.91. The van der Waals surface area contributed by atoms with Crippen LogP contribution in [0.1, 0.15) is 70.3 Å². The minimum atomic E-state index is -0.429. The van der Waals surface area contributed by atoms with Crippen molar-refractivity contribution in [2.45, 2.75) is 76.4 Å². The number of piperidine rings is 1. The van der Waals surface area contributed by atoms with Crippen molar-refractivity contribution < 1.29 is 19.1 Å². The maximum Gasteiger partial charge on any atom is 0.329 e. The minimum Gasteiger partial charge on any atom is -0.460 e. The molecule has 3 fully saturated rings. The van der Waals surface area contributed by atoms with Crippen molar-refractivity contribution >= 4 is 34.6 Å². The molecule has 2 N–H and O–H groups in total. The Morgan fingerprint density at radius 1 is 1.32 bits per heavy atom. The molecule has 4 unspecified atom stereocenters. The van der Waals surface area contributed by atoms with Gasteiger partial charge in [-0.2, -0.15) is 5.10 Å². The predicted octanol–water partition coefficient (Wildman–Crippen LogP) is 3.92. The maximum absolute atomic E-state index is 12.9. The van der Waals surface area contributed by atoms with E-state index < -0.39 is 6.03 Å². The number of fused-ring (bicyclic) bond motifs is 1. The second-order valence-electron chi connectivity index (χ2n) is 10.7. The van der Waals surface area contributed by atoms with E-state index in [4.69, 9.17) is 4.74 Å². The van der Waals surface area contributed by atoms with E-state index in [1.54, 1.807) is 4.68 Å². The van der Waals surface area contributed by atoms with Gasteiger partial charge < -0.3 is 10.1 Å². The Balaban J connectivity index is 1.29. The number of rotatable bonds is 8. The Morgan fingerprint density at radius 2 is 2.16 bits per heavy atom. The lowest BCUT2D eigenvalue weighted by molar-refractivity contribution is -0.151. The van der Waals surface area contributed by atoms with E-state index in [0.29, 0.717) is 18.3 Å². The van der Waals surface area contributed by atoms with Gasteiger partial charge in [0.15, 0.2) is 5.82 Å². The zero-order valence-electron chi connectivity index (χ0n) is 22.0. The maximum atomic E-state index is 12.9. The van der Waals surface area contributed by atoms with Gasteiger partial charge in [0.05, 0.1) is 17.0 Å². The number of urea groups is 1. The molecule has 2 saturated heterocycles. The van der Waals surface area contributed by atoms with Gasteiger partial charge in [0.2, 0.25) is 5.91 Å². The van der Waals surface area contributed by atoms with Gasteiger partial charge in [0.25, 0.3) is 0 Å². The number of benzene rings is 1. The van der Waals surface area contributed by atoms with Crippen LogP contribution in [0.2, 0.25) is 0 Å². The standard InChI is InChI=1S/C28H37N5O4/c1-4-6-8-18(7-5-2)26(35)37-23-17-28(23)16-20(11-13-29-28)19-9-10-21-22(15-19)32(3)31-25(21)33-14-12-24(34)30-27(33)36/h4,6,9-10,15,18,20,23,29H,5,7-8,11-14,16-17H2,1-3H3,(H,30,34,36). The summed E-state index contributed by atoms with van der Waals surface area (Å²) in [4.78, 5) is 38.4. The lowest BCUT2D eigenvalue weighted by atomic mass is 9.84. The molecular weight excluding hydrogens is 470 g/mol. The Kier molecular flexibility index (Phi) is 7.07. The number of carbonyl (C=O) groups excluding carboxylic acids is 3. The first-order valence-electron chi connectivity index (χ1n) is 13.5. The van der Waals surface area contributed by atoms with Crippen LogP contribution in [0, 0.1) is 5.92 Å². The number of aryl methyl sites for hydroxylation is 1. The third-order valence-electron chi connectivity index (χ3n) is 8.11. The van der Waals surface area contributed by atoms with Crippen molar-refractivity contribution in [3.05, 3.63) is 35.9 Å². The molecule has 5 rings (SSSR count). The van der Waals surface area contributed by atoms with Crippen LogP contribution in [0.15, 0.2) is 30.4 Å². The van der Waals surface area contributed by atoms with E-state index in [1.807, 2.05) is 26.1 Å². The van der Waals surface area contributed by atoms with Crippen LogP contribution >= 0.6 is 0 Å². The number of aromatic nitrogens is 2. The van der Waals surface area contributed by atoms with Crippen LogP contribution in [0.25, 0.3) is 10.9 Å². The molecule has 1 aliphatic carbocycles. The van der Waals surface area contributed by atoms with Crippen LogP contribution in [0.5, 0.6) is 0 Å². The lowest BCUT2D eigenvalue weighted by Crippen LogP contribution is -2.49. The molecule has 2 aliphatic heterocycles. The number of allylic oxidation sites excluding steroid dienone is 2.